The smallest absolute Gasteiger partial charge is 0.158 e. The molecular formula is C13H10Cl2N4O. The molecule has 0 radical (unpaired) electrons. The molecule has 5 nitrogen and oxygen atoms in total. The zero-order chi connectivity index (χ0) is 14.5. The Kier molecular flexibility index (Phi) is 4.74. The maximum Gasteiger partial charge on any atom is 0.158 e. The fourth-order valence-corrected chi connectivity index (χ4v) is 1.95. The van der Waals surface area contributed by atoms with Gasteiger partial charge in [0.15, 0.2) is 5.82 Å². The molecule has 0 spiro atoms. The number of rotatable bonds is 4. The minimum absolute atomic E-state index is 0.246. The Morgan fingerprint density at radius 2 is 2.10 bits per heavy atom. The molecule has 0 amide bonds. The summed E-state index contributed by atoms with van der Waals surface area (Å²) in [5.41, 5.74) is 1.01. The number of nitrogens with one attached hydrogen (secondary N) is 1. The molecule has 1 N–H and O–H groups in total. The molecule has 0 saturated carbocycles. The van der Waals surface area contributed by atoms with Crippen LogP contribution in [0, 0.1) is 11.3 Å². The number of benzene rings is 1. The molecule has 0 aliphatic heterocycles. The molecule has 0 aliphatic rings. The molecule has 2 rings (SSSR count). The normalized spacial score (nSPS) is 10.1. The van der Waals surface area contributed by atoms with Crippen molar-refractivity contribution in [2.75, 3.05) is 12.4 Å². The van der Waals surface area contributed by atoms with Gasteiger partial charge in [-0.25, -0.2) is 9.97 Å². The molecule has 0 atom stereocenters. The third-order valence-corrected chi connectivity index (χ3v) is 2.81. The van der Waals surface area contributed by atoms with Crippen LogP contribution >= 0.6 is 23.2 Å². The van der Waals surface area contributed by atoms with Crippen LogP contribution in [0.25, 0.3) is 0 Å². The van der Waals surface area contributed by atoms with Gasteiger partial charge >= 0.3 is 0 Å². The molecule has 1 aromatic carbocycles. The van der Waals surface area contributed by atoms with Crippen molar-refractivity contribution in [3.05, 3.63) is 45.8 Å². The van der Waals surface area contributed by atoms with Gasteiger partial charge < -0.3 is 10.1 Å². The molecular weight excluding hydrogens is 299 g/mol. The van der Waals surface area contributed by atoms with E-state index in [2.05, 4.69) is 21.4 Å². The highest BCUT2D eigenvalue weighted by Crippen LogP contribution is 2.24. The number of nitriles is 1. The van der Waals surface area contributed by atoms with E-state index in [1.807, 2.05) is 0 Å². The van der Waals surface area contributed by atoms with Crippen molar-refractivity contribution < 1.29 is 4.74 Å². The first kappa shape index (κ1) is 14.5. The Morgan fingerprint density at radius 1 is 1.30 bits per heavy atom. The standard InChI is InChI=1S/C13H10Cl2N4O/c1-20-7-13-18-11(15)5-12(19-13)17-10-4-9(14)3-2-8(10)6-16/h2-5H,7H2,1H3,(H,17,18,19). The van der Waals surface area contributed by atoms with Crippen molar-refractivity contribution in [3.8, 4) is 6.07 Å². The molecule has 1 aromatic heterocycles. The fraction of sp³-hybridized carbons (Fsp3) is 0.154. The zero-order valence-electron chi connectivity index (χ0n) is 10.5. The second-order valence-electron chi connectivity index (χ2n) is 3.85. The molecule has 0 aliphatic carbocycles. The first-order valence-corrected chi connectivity index (χ1v) is 6.37. The van der Waals surface area contributed by atoms with Gasteiger partial charge in [-0.15, -0.1) is 0 Å². The molecule has 2 aromatic rings. The Morgan fingerprint density at radius 3 is 2.80 bits per heavy atom. The van der Waals surface area contributed by atoms with Crippen LogP contribution in [0.4, 0.5) is 11.5 Å². The van der Waals surface area contributed by atoms with E-state index in [0.717, 1.165) is 0 Å². The number of methoxy groups -OCH3 is 1. The largest absolute Gasteiger partial charge is 0.377 e. The highest BCUT2D eigenvalue weighted by molar-refractivity contribution is 6.31. The maximum atomic E-state index is 9.07. The van der Waals surface area contributed by atoms with Gasteiger partial charge in [0.05, 0.1) is 11.3 Å². The molecule has 0 fully saturated rings. The topological polar surface area (TPSA) is 70.8 Å². The van der Waals surface area contributed by atoms with E-state index in [9.17, 15) is 0 Å². The third kappa shape index (κ3) is 3.58. The van der Waals surface area contributed by atoms with Gasteiger partial charge in [-0.1, -0.05) is 23.2 Å². The lowest BCUT2D eigenvalue weighted by Gasteiger charge is -2.09. The van der Waals surface area contributed by atoms with Crippen LogP contribution in [0.2, 0.25) is 10.2 Å². The summed E-state index contributed by atoms with van der Waals surface area (Å²) in [4.78, 5) is 8.26. The van der Waals surface area contributed by atoms with Crippen LogP contribution in [0.5, 0.6) is 0 Å². The highest BCUT2D eigenvalue weighted by Gasteiger charge is 2.07. The van der Waals surface area contributed by atoms with E-state index in [1.165, 1.54) is 0 Å². The summed E-state index contributed by atoms with van der Waals surface area (Å²) in [5, 5.41) is 12.9. The van der Waals surface area contributed by atoms with E-state index >= 15 is 0 Å². The second kappa shape index (κ2) is 6.53. The minimum atomic E-state index is 0.246. The van der Waals surface area contributed by atoms with E-state index in [4.69, 9.17) is 33.2 Å². The summed E-state index contributed by atoms with van der Waals surface area (Å²) in [7, 11) is 1.54. The predicted octanol–water partition coefficient (Wildman–Crippen LogP) is 3.55. The lowest BCUT2D eigenvalue weighted by molar-refractivity contribution is 0.178. The molecule has 0 unspecified atom stereocenters. The van der Waals surface area contributed by atoms with Gasteiger partial charge in [0.25, 0.3) is 0 Å². The minimum Gasteiger partial charge on any atom is -0.377 e. The van der Waals surface area contributed by atoms with Crippen LogP contribution in [0.15, 0.2) is 24.3 Å². The quantitative estimate of drug-likeness (QED) is 0.875. The Labute approximate surface area is 126 Å². The number of aromatic nitrogens is 2. The van der Waals surface area contributed by atoms with Crippen molar-refractivity contribution in [3.63, 3.8) is 0 Å². The average Bonchev–Trinajstić information content (AvgIpc) is 2.38. The lowest BCUT2D eigenvalue weighted by atomic mass is 10.2. The van der Waals surface area contributed by atoms with Gasteiger partial charge in [0.2, 0.25) is 0 Å². The van der Waals surface area contributed by atoms with E-state index in [1.54, 1.807) is 31.4 Å². The average molecular weight is 309 g/mol. The highest BCUT2D eigenvalue weighted by atomic mass is 35.5. The number of hydrogen-bond acceptors (Lipinski definition) is 5. The van der Waals surface area contributed by atoms with Crippen LogP contribution < -0.4 is 5.32 Å². The van der Waals surface area contributed by atoms with Gasteiger partial charge in [-0.2, -0.15) is 5.26 Å². The van der Waals surface area contributed by atoms with Crippen LogP contribution in [0.1, 0.15) is 11.4 Å². The molecule has 20 heavy (non-hydrogen) atoms. The zero-order valence-corrected chi connectivity index (χ0v) is 12.0. The Balaban J connectivity index is 2.35. The van der Waals surface area contributed by atoms with Crippen LogP contribution in [0.3, 0.4) is 0 Å². The number of nitrogens with zero attached hydrogens (tertiary/aromatic N) is 3. The first-order valence-electron chi connectivity index (χ1n) is 5.61. The van der Waals surface area contributed by atoms with Crippen molar-refractivity contribution in [2.24, 2.45) is 0 Å². The summed E-state index contributed by atoms with van der Waals surface area (Å²) in [6, 6.07) is 8.55. The number of anilines is 2. The number of ether oxygens (including phenoxy) is 1. The first-order chi connectivity index (χ1) is 9.62. The molecule has 102 valence electrons. The molecule has 0 bridgehead atoms. The monoisotopic (exact) mass is 308 g/mol. The van der Waals surface area contributed by atoms with Crippen LogP contribution in [-0.4, -0.2) is 17.1 Å². The molecule has 0 saturated heterocycles. The van der Waals surface area contributed by atoms with Crippen molar-refractivity contribution >= 4 is 34.7 Å². The summed E-state index contributed by atoms with van der Waals surface area (Å²) < 4.78 is 4.97. The van der Waals surface area contributed by atoms with Gasteiger partial charge in [0.1, 0.15) is 23.6 Å². The summed E-state index contributed by atoms with van der Waals surface area (Å²) in [6.07, 6.45) is 0. The van der Waals surface area contributed by atoms with Gasteiger partial charge in [-0.05, 0) is 18.2 Å². The van der Waals surface area contributed by atoms with Gasteiger partial charge in [0, 0.05) is 18.2 Å². The fourth-order valence-electron chi connectivity index (χ4n) is 1.58. The summed E-state index contributed by atoms with van der Waals surface area (Å²) in [6.45, 7) is 0.246. The van der Waals surface area contributed by atoms with Gasteiger partial charge in [-0.3, -0.25) is 0 Å². The van der Waals surface area contributed by atoms with Crippen molar-refractivity contribution in [1.82, 2.24) is 9.97 Å². The van der Waals surface area contributed by atoms with Crippen molar-refractivity contribution in [2.45, 2.75) is 6.61 Å². The number of halogens is 2. The Hall–Kier alpha value is -1.87. The number of hydrogen-bond donors (Lipinski definition) is 1. The summed E-state index contributed by atoms with van der Waals surface area (Å²) in [5.74, 6) is 0.916. The third-order valence-electron chi connectivity index (χ3n) is 2.38. The predicted molar refractivity (Wildman–Crippen MR) is 77.2 cm³/mol. The van der Waals surface area contributed by atoms with Crippen LogP contribution in [-0.2, 0) is 11.3 Å². The summed E-state index contributed by atoms with van der Waals surface area (Å²) >= 11 is 11.8. The van der Waals surface area contributed by atoms with E-state index in [-0.39, 0.29) is 11.8 Å². The van der Waals surface area contributed by atoms with Crippen molar-refractivity contribution in [1.29, 1.82) is 5.26 Å². The second-order valence-corrected chi connectivity index (χ2v) is 4.68. The maximum absolute atomic E-state index is 9.07. The van der Waals surface area contributed by atoms with E-state index in [0.29, 0.717) is 27.9 Å². The SMILES string of the molecule is COCc1nc(Cl)cc(Nc2cc(Cl)ccc2C#N)n1. The molecule has 7 heteroatoms. The molecule has 1 heterocycles. The lowest BCUT2D eigenvalue weighted by Crippen LogP contribution is -2.02. The Bertz CT molecular complexity index is 670. The van der Waals surface area contributed by atoms with E-state index < -0.39 is 0 Å².